The van der Waals surface area contributed by atoms with Crippen LogP contribution in [0.25, 0.3) is 0 Å². The molecule has 3 heteroatoms. The van der Waals surface area contributed by atoms with Gasteiger partial charge in [0.25, 0.3) is 0 Å². The van der Waals surface area contributed by atoms with E-state index in [-0.39, 0.29) is 0 Å². The Morgan fingerprint density at radius 2 is 2.50 bits per heavy atom. The molecular formula is C11H17N3. The monoisotopic (exact) mass is 191 g/mol. The zero-order chi connectivity index (χ0) is 9.97. The Labute approximate surface area is 84.9 Å². The predicted octanol–water partition coefficient (Wildman–Crippen LogP) is 1.32. The van der Waals surface area contributed by atoms with Crippen molar-refractivity contribution in [3.63, 3.8) is 0 Å². The Morgan fingerprint density at radius 3 is 3.21 bits per heavy atom. The number of nitrogens with zero attached hydrogens (tertiary/aromatic N) is 2. The highest BCUT2D eigenvalue weighted by Crippen LogP contribution is 2.23. The van der Waals surface area contributed by atoms with Crippen LogP contribution >= 0.6 is 0 Å². The van der Waals surface area contributed by atoms with Crippen LogP contribution in [-0.4, -0.2) is 24.1 Å². The summed E-state index contributed by atoms with van der Waals surface area (Å²) in [6, 6.07) is 4.65. The van der Waals surface area contributed by atoms with Crippen LogP contribution in [0.4, 0.5) is 5.82 Å². The van der Waals surface area contributed by atoms with Crippen LogP contribution in [0.2, 0.25) is 0 Å². The van der Waals surface area contributed by atoms with Gasteiger partial charge in [0, 0.05) is 25.3 Å². The van der Waals surface area contributed by atoms with Gasteiger partial charge in [0.15, 0.2) is 0 Å². The molecule has 1 aromatic heterocycles. The van der Waals surface area contributed by atoms with Crippen LogP contribution in [-0.2, 0) is 0 Å². The smallest absolute Gasteiger partial charge is 0.129 e. The summed E-state index contributed by atoms with van der Waals surface area (Å²) in [5, 5.41) is 0. The summed E-state index contributed by atoms with van der Waals surface area (Å²) in [6.07, 6.45) is 4.31. The number of anilines is 1. The second-order valence-electron chi connectivity index (χ2n) is 3.92. The van der Waals surface area contributed by atoms with Crippen molar-refractivity contribution in [3.8, 4) is 0 Å². The van der Waals surface area contributed by atoms with E-state index in [1.165, 1.54) is 18.4 Å². The van der Waals surface area contributed by atoms with E-state index >= 15 is 0 Å². The molecule has 0 amide bonds. The first kappa shape index (κ1) is 9.46. The Balaban J connectivity index is 2.21. The molecule has 0 spiro atoms. The third-order valence-corrected chi connectivity index (χ3v) is 2.84. The number of pyridine rings is 1. The third kappa shape index (κ3) is 1.73. The van der Waals surface area contributed by atoms with Crippen LogP contribution in [0, 0.1) is 6.92 Å². The predicted molar refractivity (Wildman–Crippen MR) is 58.4 cm³/mol. The van der Waals surface area contributed by atoms with E-state index in [2.05, 4.69) is 22.9 Å². The lowest BCUT2D eigenvalue weighted by molar-refractivity contribution is 0.671. The largest absolute Gasteiger partial charge is 0.352 e. The molecule has 14 heavy (non-hydrogen) atoms. The molecule has 0 aliphatic carbocycles. The summed E-state index contributed by atoms with van der Waals surface area (Å²) < 4.78 is 0. The van der Waals surface area contributed by atoms with E-state index in [4.69, 9.17) is 5.73 Å². The number of nitrogens with two attached hydrogens (primary N) is 1. The molecule has 2 N–H and O–H groups in total. The van der Waals surface area contributed by atoms with Crippen molar-refractivity contribution in [2.75, 3.05) is 18.0 Å². The average molecular weight is 191 g/mol. The topological polar surface area (TPSA) is 42.2 Å². The first-order valence-corrected chi connectivity index (χ1v) is 5.20. The molecule has 2 rings (SSSR count). The van der Waals surface area contributed by atoms with Crippen LogP contribution in [0.3, 0.4) is 0 Å². The molecule has 3 nitrogen and oxygen atoms in total. The second-order valence-corrected chi connectivity index (χ2v) is 3.92. The Bertz CT molecular complexity index is 311. The fraction of sp³-hybridized carbons (Fsp3) is 0.545. The van der Waals surface area contributed by atoms with Gasteiger partial charge in [0.2, 0.25) is 0 Å². The zero-order valence-corrected chi connectivity index (χ0v) is 8.61. The number of aryl methyl sites for hydroxylation is 1. The van der Waals surface area contributed by atoms with Gasteiger partial charge in [-0.1, -0.05) is 0 Å². The van der Waals surface area contributed by atoms with Gasteiger partial charge in [-0.05, 0) is 37.5 Å². The number of rotatable bonds is 2. The molecule has 0 saturated carbocycles. The molecule has 0 unspecified atom stereocenters. The van der Waals surface area contributed by atoms with Crippen molar-refractivity contribution in [1.82, 2.24) is 4.98 Å². The van der Waals surface area contributed by atoms with E-state index in [9.17, 15) is 0 Å². The lowest BCUT2D eigenvalue weighted by Crippen LogP contribution is -2.35. The van der Waals surface area contributed by atoms with Crippen molar-refractivity contribution in [3.05, 3.63) is 23.9 Å². The van der Waals surface area contributed by atoms with Gasteiger partial charge < -0.3 is 10.6 Å². The maximum atomic E-state index is 5.73. The molecule has 0 radical (unpaired) electrons. The first-order chi connectivity index (χ1) is 6.81. The minimum absolute atomic E-state index is 0.490. The number of hydrogen-bond donors (Lipinski definition) is 1. The van der Waals surface area contributed by atoms with Gasteiger partial charge in [0.1, 0.15) is 5.82 Å². The van der Waals surface area contributed by atoms with E-state index in [0.717, 1.165) is 18.9 Å². The lowest BCUT2D eigenvalue weighted by atomic mass is 10.2. The van der Waals surface area contributed by atoms with E-state index in [0.29, 0.717) is 6.04 Å². The van der Waals surface area contributed by atoms with Crippen LogP contribution in [0.5, 0.6) is 0 Å². The molecular weight excluding hydrogens is 174 g/mol. The van der Waals surface area contributed by atoms with Crippen molar-refractivity contribution in [1.29, 1.82) is 0 Å². The van der Waals surface area contributed by atoms with Gasteiger partial charge in [0.05, 0.1) is 0 Å². The lowest BCUT2D eigenvalue weighted by Gasteiger charge is -2.24. The fourth-order valence-corrected chi connectivity index (χ4v) is 2.06. The van der Waals surface area contributed by atoms with Gasteiger partial charge >= 0.3 is 0 Å². The van der Waals surface area contributed by atoms with Crippen molar-refractivity contribution >= 4 is 5.82 Å². The Hall–Kier alpha value is -1.09. The normalized spacial score (nSPS) is 21.6. The molecule has 1 aliphatic heterocycles. The molecule has 0 aromatic carbocycles. The fourth-order valence-electron chi connectivity index (χ4n) is 2.06. The molecule has 1 atom stereocenters. The summed E-state index contributed by atoms with van der Waals surface area (Å²) in [4.78, 5) is 6.72. The summed E-state index contributed by atoms with van der Waals surface area (Å²) in [6.45, 7) is 3.92. The molecule has 1 aromatic rings. The maximum Gasteiger partial charge on any atom is 0.129 e. The summed E-state index contributed by atoms with van der Waals surface area (Å²) >= 11 is 0. The standard InChI is InChI=1S/C11H17N3/c1-9-4-5-13-11(7-9)14-6-2-3-10(14)8-12/h4-5,7,10H,2-3,6,8,12H2,1H3/t10-/m0/s1. The SMILES string of the molecule is Cc1ccnc(N2CCC[C@H]2CN)c1. The van der Waals surface area contributed by atoms with Crippen LogP contribution < -0.4 is 10.6 Å². The minimum atomic E-state index is 0.490. The van der Waals surface area contributed by atoms with Crippen molar-refractivity contribution < 1.29 is 0 Å². The van der Waals surface area contributed by atoms with Gasteiger partial charge in [-0.3, -0.25) is 0 Å². The van der Waals surface area contributed by atoms with E-state index < -0.39 is 0 Å². The maximum absolute atomic E-state index is 5.73. The highest BCUT2D eigenvalue weighted by molar-refractivity contribution is 5.43. The Kier molecular flexibility index (Phi) is 2.68. The van der Waals surface area contributed by atoms with E-state index in [1.807, 2.05) is 12.3 Å². The quantitative estimate of drug-likeness (QED) is 0.766. The molecule has 1 saturated heterocycles. The third-order valence-electron chi connectivity index (χ3n) is 2.84. The highest BCUT2D eigenvalue weighted by atomic mass is 15.2. The minimum Gasteiger partial charge on any atom is -0.352 e. The summed E-state index contributed by atoms with van der Waals surface area (Å²) in [7, 11) is 0. The molecule has 1 aliphatic rings. The van der Waals surface area contributed by atoms with Crippen LogP contribution in [0.15, 0.2) is 18.3 Å². The molecule has 0 bridgehead atoms. The summed E-state index contributed by atoms with van der Waals surface area (Å²) in [5.41, 5.74) is 6.99. The summed E-state index contributed by atoms with van der Waals surface area (Å²) in [5.74, 6) is 1.08. The van der Waals surface area contributed by atoms with Gasteiger partial charge in [-0.15, -0.1) is 0 Å². The Morgan fingerprint density at radius 1 is 1.64 bits per heavy atom. The van der Waals surface area contributed by atoms with E-state index in [1.54, 1.807) is 0 Å². The molecule has 2 heterocycles. The van der Waals surface area contributed by atoms with Crippen molar-refractivity contribution in [2.24, 2.45) is 5.73 Å². The number of hydrogen-bond acceptors (Lipinski definition) is 3. The van der Waals surface area contributed by atoms with Gasteiger partial charge in [-0.2, -0.15) is 0 Å². The average Bonchev–Trinajstić information content (AvgIpc) is 2.65. The first-order valence-electron chi connectivity index (χ1n) is 5.20. The second kappa shape index (κ2) is 3.96. The van der Waals surface area contributed by atoms with Gasteiger partial charge in [-0.25, -0.2) is 4.98 Å². The number of aromatic nitrogens is 1. The van der Waals surface area contributed by atoms with Crippen molar-refractivity contribution in [2.45, 2.75) is 25.8 Å². The molecule has 76 valence electrons. The highest BCUT2D eigenvalue weighted by Gasteiger charge is 2.23. The molecule has 1 fully saturated rings. The zero-order valence-electron chi connectivity index (χ0n) is 8.61. The van der Waals surface area contributed by atoms with Crippen LogP contribution in [0.1, 0.15) is 18.4 Å².